The molecule has 2 aromatic heterocycles. The van der Waals surface area contributed by atoms with Gasteiger partial charge in [0.15, 0.2) is 0 Å². The van der Waals surface area contributed by atoms with Crippen LogP contribution in [-0.4, -0.2) is 75.0 Å². The van der Waals surface area contributed by atoms with Gasteiger partial charge in [0.1, 0.15) is 11.2 Å². The number of hydrogen-bond acceptors (Lipinski definition) is 8. The van der Waals surface area contributed by atoms with Gasteiger partial charge < -0.3 is 24.6 Å². The van der Waals surface area contributed by atoms with Crippen molar-refractivity contribution in [3.05, 3.63) is 36.2 Å². The maximum atomic E-state index is 13.0. The van der Waals surface area contributed by atoms with Crippen molar-refractivity contribution in [1.82, 2.24) is 24.6 Å². The number of nitrogens with one attached hydrogen (secondary N) is 1. The second-order valence-corrected chi connectivity index (χ2v) is 9.50. The van der Waals surface area contributed by atoms with Crippen molar-refractivity contribution in [2.24, 2.45) is 7.05 Å². The number of aryl methyl sites for hydroxylation is 1. The average Bonchev–Trinajstić information content (AvgIpc) is 3.11. The molecule has 1 fully saturated rings. The molecule has 1 aliphatic heterocycles. The van der Waals surface area contributed by atoms with E-state index in [0.29, 0.717) is 31.3 Å². The summed E-state index contributed by atoms with van der Waals surface area (Å²) in [5.41, 5.74) is 1.17. The van der Waals surface area contributed by atoms with Crippen LogP contribution in [0, 0.1) is 0 Å². The van der Waals surface area contributed by atoms with E-state index in [0.717, 1.165) is 10.9 Å². The van der Waals surface area contributed by atoms with Crippen LogP contribution in [-0.2, 0) is 11.8 Å². The molecular formula is C24H31N7O4. The van der Waals surface area contributed by atoms with Crippen LogP contribution in [0.15, 0.2) is 30.6 Å². The molecule has 3 heterocycles. The molecule has 0 bridgehead atoms. The summed E-state index contributed by atoms with van der Waals surface area (Å²) in [5, 5.41) is 8.14. The smallest absolute Gasteiger partial charge is 0.410 e. The first kappa shape index (κ1) is 24.2. The van der Waals surface area contributed by atoms with Gasteiger partial charge in [-0.1, -0.05) is 0 Å². The molecule has 0 radical (unpaired) electrons. The number of anilines is 2. The SMILES string of the molecule is CCOc1nc(N2CC(N(C)C(=O)OC(C)(C)C)C2)ncc1C(=O)Nc1ccc2nn(C)cc2c1. The second-order valence-electron chi connectivity index (χ2n) is 9.50. The van der Waals surface area contributed by atoms with Crippen molar-refractivity contribution in [1.29, 1.82) is 0 Å². The predicted molar refractivity (Wildman–Crippen MR) is 132 cm³/mol. The molecule has 35 heavy (non-hydrogen) atoms. The molecule has 1 aliphatic rings. The summed E-state index contributed by atoms with van der Waals surface area (Å²) in [5.74, 6) is 0.284. The third-order valence-corrected chi connectivity index (χ3v) is 5.52. The number of likely N-dealkylation sites (N-methyl/N-ethyl adjacent to an activating group) is 1. The topological polar surface area (TPSA) is 115 Å². The Morgan fingerprint density at radius 1 is 1.26 bits per heavy atom. The highest BCUT2D eigenvalue weighted by Crippen LogP contribution is 2.26. The number of carbonyl (C=O) groups is 2. The number of carbonyl (C=O) groups excluding carboxylic acids is 2. The first-order chi connectivity index (χ1) is 16.5. The number of nitrogens with zero attached hydrogens (tertiary/aromatic N) is 6. The molecule has 1 saturated heterocycles. The van der Waals surface area contributed by atoms with E-state index in [1.807, 2.05) is 58.0 Å². The number of rotatable bonds is 6. The summed E-state index contributed by atoms with van der Waals surface area (Å²) in [6, 6.07) is 5.48. The standard InChI is InChI=1S/C24H31N7O4/c1-7-34-21-18(20(32)26-16-8-9-19-15(10-16)12-29(5)28-19)11-25-22(27-21)31-13-17(14-31)30(6)23(33)35-24(2,3)4/h8-12,17H,7,13-14H2,1-6H3,(H,26,32). The molecule has 186 valence electrons. The van der Waals surface area contributed by atoms with E-state index < -0.39 is 5.60 Å². The van der Waals surface area contributed by atoms with Crippen LogP contribution in [0.1, 0.15) is 38.1 Å². The molecule has 0 unspecified atom stereocenters. The number of ether oxygens (including phenoxy) is 2. The van der Waals surface area contributed by atoms with E-state index in [-0.39, 0.29) is 29.5 Å². The van der Waals surface area contributed by atoms with E-state index in [9.17, 15) is 9.59 Å². The summed E-state index contributed by atoms with van der Waals surface area (Å²) < 4.78 is 12.8. The molecule has 1 N–H and O–H groups in total. The van der Waals surface area contributed by atoms with E-state index in [2.05, 4.69) is 20.4 Å². The summed E-state index contributed by atoms with van der Waals surface area (Å²) in [6.45, 7) is 8.80. The van der Waals surface area contributed by atoms with Crippen molar-refractivity contribution in [2.45, 2.75) is 39.3 Å². The number of benzene rings is 1. The molecule has 3 aromatic rings. The molecule has 1 aromatic carbocycles. The van der Waals surface area contributed by atoms with Crippen molar-refractivity contribution in [3.63, 3.8) is 0 Å². The van der Waals surface area contributed by atoms with Gasteiger partial charge in [-0.25, -0.2) is 9.78 Å². The molecule has 2 amide bonds. The summed E-state index contributed by atoms with van der Waals surface area (Å²) in [4.78, 5) is 37.7. The lowest BCUT2D eigenvalue weighted by Crippen LogP contribution is -2.60. The van der Waals surface area contributed by atoms with Gasteiger partial charge in [-0.15, -0.1) is 0 Å². The Kier molecular flexibility index (Phi) is 6.51. The monoisotopic (exact) mass is 481 g/mol. The zero-order chi connectivity index (χ0) is 25.3. The molecular weight excluding hydrogens is 450 g/mol. The Balaban J connectivity index is 1.44. The first-order valence-electron chi connectivity index (χ1n) is 11.5. The fourth-order valence-corrected chi connectivity index (χ4v) is 3.68. The summed E-state index contributed by atoms with van der Waals surface area (Å²) in [6.07, 6.45) is 2.99. The van der Waals surface area contributed by atoms with Gasteiger partial charge >= 0.3 is 6.09 Å². The Labute approximate surface area is 204 Å². The second kappa shape index (κ2) is 9.40. The number of fused-ring (bicyclic) bond motifs is 1. The minimum atomic E-state index is -0.551. The fraction of sp³-hybridized carbons (Fsp3) is 0.458. The van der Waals surface area contributed by atoms with Crippen LogP contribution < -0.4 is 15.0 Å². The third-order valence-electron chi connectivity index (χ3n) is 5.52. The average molecular weight is 482 g/mol. The lowest BCUT2D eigenvalue weighted by Gasteiger charge is -2.43. The van der Waals surface area contributed by atoms with Crippen molar-refractivity contribution in [3.8, 4) is 5.88 Å². The third kappa shape index (κ3) is 5.44. The van der Waals surface area contributed by atoms with Crippen LogP contribution in [0.25, 0.3) is 10.9 Å². The van der Waals surface area contributed by atoms with Gasteiger partial charge in [0.25, 0.3) is 5.91 Å². The Morgan fingerprint density at radius 2 is 2.00 bits per heavy atom. The molecule has 11 heteroatoms. The van der Waals surface area contributed by atoms with E-state index in [1.54, 1.807) is 22.7 Å². The largest absolute Gasteiger partial charge is 0.477 e. The van der Waals surface area contributed by atoms with E-state index in [4.69, 9.17) is 9.47 Å². The van der Waals surface area contributed by atoms with Crippen molar-refractivity contribution < 1.29 is 19.1 Å². The Hall–Kier alpha value is -3.89. The Bertz CT molecular complexity index is 1240. The zero-order valence-corrected chi connectivity index (χ0v) is 20.9. The van der Waals surface area contributed by atoms with Gasteiger partial charge in [-0.3, -0.25) is 9.48 Å². The van der Waals surface area contributed by atoms with Crippen LogP contribution in [0.2, 0.25) is 0 Å². The molecule has 0 atom stereocenters. The number of amides is 2. The number of aromatic nitrogens is 4. The molecule has 0 aliphatic carbocycles. The quantitative estimate of drug-likeness (QED) is 0.571. The van der Waals surface area contributed by atoms with Gasteiger partial charge in [0.2, 0.25) is 11.8 Å². The molecule has 11 nitrogen and oxygen atoms in total. The van der Waals surface area contributed by atoms with Crippen molar-refractivity contribution in [2.75, 3.05) is 37.0 Å². The van der Waals surface area contributed by atoms with Gasteiger partial charge in [-0.2, -0.15) is 10.1 Å². The maximum Gasteiger partial charge on any atom is 0.410 e. The molecule has 4 rings (SSSR count). The normalized spacial score (nSPS) is 13.9. The summed E-state index contributed by atoms with van der Waals surface area (Å²) >= 11 is 0. The van der Waals surface area contributed by atoms with Crippen LogP contribution >= 0.6 is 0 Å². The van der Waals surface area contributed by atoms with Gasteiger partial charge in [-0.05, 0) is 45.9 Å². The number of hydrogen-bond donors (Lipinski definition) is 1. The zero-order valence-electron chi connectivity index (χ0n) is 20.9. The van der Waals surface area contributed by atoms with Gasteiger partial charge in [0.05, 0.1) is 18.2 Å². The minimum Gasteiger partial charge on any atom is -0.477 e. The fourth-order valence-electron chi connectivity index (χ4n) is 3.68. The minimum absolute atomic E-state index is 0.0191. The Morgan fingerprint density at radius 3 is 2.69 bits per heavy atom. The highest BCUT2D eigenvalue weighted by atomic mass is 16.6. The van der Waals surface area contributed by atoms with E-state index >= 15 is 0 Å². The summed E-state index contributed by atoms with van der Waals surface area (Å²) in [7, 11) is 3.57. The van der Waals surface area contributed by atoms with Crippen molar-refractivity contribution >= 4 is 34.5 Å². The van der Waals surface area contributed by atoms with Gasteiger partial charge in [0, 0.05) is 50.7 Å². The highest BCUT2D eigenvalue weighted by molar-refractivity contribution is 6.06. The predicted octanol–water partition coefficient (Wildman–Crippen LogP) is 3.07. The van der Waals surface area contributed by atoms with E-state index in [1.165, 1.54) is 6.20 Å². The first-order valence-corrected chi connectivity index (χ1v) is 11.5. The van der Waals surface area contributed by atoms with Crippen LogP contribution in [0.5, 0.6) is 5.88 Å². The lowest BCUT2D eigenvalue weighted by atomic mass is 10.1. The lowest BCUT2D eigenvalue weighted by molar-refractivity contribution is 0.0195. The molecule has 0 saturated carbocycles. The maximum absolute atomic E-state index is 13.0. The van der Waals surface area contributed by atoms with Crippen LogP contribution in [0.4, 0.5) is 16.4 Å². The van der Waals surface area contributed by atoms with Crippen LogP contribution in [0.3, 0.4) is 0 Å². The molecule has 0 spiro atoms. The highest BCUT2D eigenvalue weighted by Gasteiger charge is 2.36.